The van der Waals surface area contributed by atoms with Gasteiger partial charge in [0, 0.05) is 45.7 Å². The number of aromatic nitrogens is 4. The summed E-state index contributed by atoms with van der Waals surface area (Å²) < 4.78 is 10.9. The van der Waals surface area contributed by atoms with Crippen molar-refractivity contribution in [2.45, 2.75) is 6.92 Å². The van der Waals surface area contributed by atoms with Crippen molar-refractivity contribution < 1.29 is 4.74 Å². The molecule has 4 aromatic heterocycles. The first-order chi connectivity index (χ1) is 20.7. The number of para-hydroxylation sites is 2. The highest BCUT2D eigenvalue weighted by molar-refractivity contribution is 6.13. The van der Waals surface area contributed by atoms with Crippen LogP contribution in [0.5, 0.6) is 11.5 Å². The molecule has 0 atom stereocenters. The Bertz CT molecular complexity index is 2520. The molecular weight excluding hydrogens is 516 g/mol. The van der Waals surface area contributed by atoms with Gasteiger partial charge < -0.3 is 4.74 Å². The zero-order valence-corrected chi connectivity index (χ0v) is 22.8. The van der Waals surface area contributed by atoms with Crippen molar-refractivity contribution in [1.82, 2.24) is 18.8 Å². The predicted molar refractivity (Wildman–Crippen MR) is 171 cm³/mol. The minimum absolute atomic E-state index is 0.764. The van der Waals surface area contributed by atoms with Gasteiger partial charge in [0.25, 0.3) is 0 Å². The first-order valence-electron chi connectivity index (χ1n) is 14.1. The van der Waals surface area contributed by atoms with Crippen LogP contribution in [0.2, 0.25) is 0 Å². The van der Waals surface area contributed by atoms with Gasteiger partial charge in [0.1, 0.15) is 22.8 Å². The third kappa shape index (κ3) is 3.31. The van der Waals surface area contributed by atoms with Crippen LogP contribution in [0, 0.1) is 6.92 Å². The van der Waals surface area contributed by atoms with Crippen LogP contribution in [0.15, 0.2) is 128 Å². The van der Waals surface area contributed by atoms with E-state index in [2.05, 4.69) is 124 Å². The van der Waals surface area contributed by atoms with Crippen LogP contribution in [-0.2, 0) is 0 Å². The maximum atomic E-state index is 6.53. The van der Waals surface area contributed by atoms with Crippen LogP contribution in [0.3, 0.4) is 0 Å². The van der Waals surface area contributed by atoms with Crippen molar-refractivity contribution in [1.29, 1.82) is 0 Å². The average molecular weight is 541 g/mol. The molecule has 0 saturated carbocycles. The third-order valence-corrected chi connectivity index (χ3v) is 8.37. The smallest absolute Gasteiger partial charge is 0.146 e. The van der Waals surface area contributed by atoms with Gasteiger partial charge in [-0.1, -0.05) is 60.7 Å². The number of hydrogen-bond donors (Lipinski definition) is 0. The lowest BCUT2D eigenvalue weighted by Crippen LogP contribution is -1.92. The Kier molecular flexibility index (Phi) is 4.75. The molecular formula is C37H24N4O. The van der Waals surface area contributed by atoms with Gasteiger partial charge >= 0.3 is 0 Å². The fourth-order valence-corrected chi connectivity index (χ4v) is 6.41. The second-order valence-electron chi connectivity index (χ2n) is 10.8. The summed E-state index contributed by atoms with van der Waals surface area (Å²) in [6.07, 6.45) is 6.01. The standard InChI is InChI=1S/C37H24N4O/c1-23-8-2-3-9-26(23)33-22-41-35-13-7-5-11-30(35)28-17-15-25(21-32(28)37(41)39-33)42-24-14-16-27-29-10-4-6-12-34(29)40-19-18-38-36(40)31(27)20-24/h2-22H,1H3. The van der Waals surface area contributed by atoms with Gasteiger partial charge in [0.15, 0.2) is 0 Å². The molecule has 0 unspecified atom stereocenters. The predicted octanol–water partition coefficient (Wildman–Crippen LogP) is 9.36. The minimum atomic E-state index is 0.764. The molecule has 0 bridgehead atoms. The van der Waals surface area contributed by atoms with Crippen LogP contribution >= 0.6 is 0 Å². The third-order valence-electron chi connectivity index (χ3n) is 8.37. The molecule has 9 aromatic rings. The average Bonchev–Trinajstić information content (AvgIpc) is 3.71. The molecule has 9 rings (SSSR count). The minimum Gasteiger partial charge on any atom is -0.457 e. The molecule has 0 aliphatic carbocycles. The molecule has 42 heavy (non-hydrogen) atoms. The van der Waals surface area contributed by atoms with Crippen molar-refractivity contribution in [2.24, 2.45) is 0 Å². The molecule has 5 aromatic carbocycles. The number of pyridine rings is 2. The van der Waals surface area contributed by atoms with Crippen LogP contribution < -0.4 is 4.74 Å². The van der Waals surface area contributed by atoms with E-state index in [1.807, 2.05) is 24.5 Å². The first kappa shape index (κ1) is 23.1. The number of aryl methyl sites for hydroxylation is 1. The van der Waals surface area contributed by atoms with Gasteiger partial charge in [-0.2, -0.15) is 0 Å². The Balaban J connectivity index is 1.23. The second kappa shape index (κ2) is 8.66. The molecule has 198 valence electrons. The van der Waals surface area contributed by atoms with E-state index in [0.29, 0.717) is 0 Å². The van der Waals surface area contributed by atoms with Gasteiger partial charge in [0.05, 0.1) is 16.7 Å². The van der Waals surface area contributed by atoms with Crippen molar-refractivity contribution in [3.8, 4) is 22.8 Å². The quantitative estimate of drug-likeness (QED) is 0.210. The largest absolute Gasteiger partial charge is 0.457 e. The van der Waals surface area contributed by atoms with Gasteiger partial charge in [0.2, 0.25) is 0 Å². The topological polar surface area (TPSA) is 43.8 Å². The summed E-state index contributed by atoms with van der Waals surface area (Å²) in [4.78, 5) is 9.84. The van der Waals surface area contributed by atoms with Crippen molar-refractivity contribution in [3.05, 3.63) is 133 Å². The molecule has 5 nitrogen and oxygen atoms in total. The van der Waals surface area contributed by atoms with Crippen LogP contribution in [-0.4, -0.2) is 18.8 Å². The number of fused-ring (bicyclic) bond motifs is 12. The first-order valence-corrected chi connectivity index (χ1v) is 14.1. The zero-order valence-electron chi connectivity index (χ0n) is 22.8. The van der Waals surface area contributed by atoms with E-state index in [0.717, 1.165) is 66.6 Å². The molecule has 4 heterocycles. The Morgan fingerprint density at radius 2 is 1.19 bits per heavy atom. The van der Waals surface area contributed by atoms with Gasteiger partial charge in [-0.3, -0.25) is 8.80 Å². The maximum Gasteiger partial charge on any atom is 0.146 e. The van der Waals surface area contributed by atoms with Gasteiger partial charge in [-0.25, -0.2) is 9.97 Å². The molecule has 0 aliphatic rings. The Morgan fingerprint density at radius 3 is 1.90 bits per heavy atom. The Hall–Kier alpha value is -5.68. The normalized spacial score (nSPS) is 11.9. The molecule has 0 radical (unpaired) electrons. The highest BCUT2D eigenvalue weighted by Gasteiger charge is 2.15. The fraction of sp³-hybridized carbons (Fsp3) is 0.0270. The van der Waals surface area contributed by atoms with Crippen molar-refractivity contribution in [3.63, 3.8) is 0 Å². The number of imidazole rings is 2. The lowest BCUT2D eigenvalue weighted by atomic mass is 10.1. The van der Waals surface area contributed by atoms with E-state index in [-0.39, 0.29) is 0 Å². The van der Waals surface area contributed by atoms with Crippen molar-refractivity contribution in [2.75, 3.05) is 0 Å². The molecule has 0 amide bonds. The molecule has 0 fully saturated rings. The summed E-state index contributed by atoms with van der Waals surface area (Å²) >= 11 is 0. The summed E-state index contributed by atoms with van der Waals surface area (Å²) in [6, 6.07) is 37.9. The van der Waals surface area contributed by atoms with Crippen LogP contribution in [0.4, 0.5) is 0 Å². The van der Waals surface area contributed by atoms with E-state index in [9.17, 15) is 0 Å². The fourth-order valence-electron chi connectivity index (χ4n) is 6.41. The van der Waals surface area contributed by atoms with E-state index in [4.69, 9.17) is 9.72 Å². The number of nitrogens with zero attached hydrogens (tertiary/aromatic N) is 4. The van der Waals surface area contributed by atoms with E-state index in [1.165, 1.54) is 16.3 Å². The number of rotatable bonds is 3. The van der Waals surface area contributed by atoms with E-state index < -0.39 is 0 Å². The van der Waals surface area contributed by atoms with Crippen LogP contribution in [0.25, 0.3) is 65.9 Å². The summed E-state index contributed by atoms with van der Waals surface area (Å²) in [6.45, 7) is 2.13. The summed E-state index contributed by atoms with van der Waals surface area (Å²) in [7, 11) is 0. The Labute approximate surface area is 240 Å². The zero-order chi connectivity index (χ0) is 27.8. The summed E-state index contributed by atoms with van der Waals surface area (Å²) in [5.74, 6) is 1.53. The molecule has 0 N–H and O–H groups in total. The highest BCUT2D eigenvalue weighted by atomic mass is 16.5. The van der Waals surface area contributed by atoms with Gasteiger partial charge in [-0.05, 0) is 71.8 Å². The molecule has 0 spiro atoms. The Morgan fingerprint density at radius 1 is 0.571 bits per heavy atom. The summed E-state index contributed by atoms with van der Waals surface area (Å²) in [5, 5.41) is 6.78. The molecule has 0 aliphatic heterocycles. The number of hydrogen-bond acceptors (Lipinski definition) is 3. The lowest BCUT2D eigenvalue weighted by Gasteiger charge is -2.12. The highest BCUT2D eigenvalue weighted by Crippen LogP contribution is 2.37. The van der Waals surface area contributed by atoms with Gasteiger partial charge in [-0.15, -0.1) is 0 Å². The lowest BCUT2D eigenvalue weighted by molar-refractivity contribution is 0.484. The van der Waals surface area contributed by atoms with Crippen molar-refractivity contribution >= 4 is 54.6 Å². The summed E-state index contributed by atoms with van der Waals surface area (Å²) in [5.41, 5.74) is 7.41. The number of benzene rings is 5. The van der Waals surface area contributed by atoms with E-state index >= 15 is 0 Å². The number of ether oxygens (including phenoxy) is 1. The van der Waals surface area contributed by atoms with E-state index in [1.54, 1.807) is 0 Å². The SMILES string of the molecule is Cc1ccccc1-c1cn2c3ccccc3c3ccc(Oc4ccc5c6ccccc6n6ccnc6c5c4)cc3c2n1. The van der Waals surface area contributed by atoms with Crippen LogP contribution in [0.1, 0.15) is 5.56 Å². The molecule has 5 heteroatoms. The monoisotopic (exact) mass is 540 g/mol. The second-order valence-corrected chi connectivity index (χ2v) is 10.8. The molecule has 0 saturated heterocycles. The maximum absolute atomic E-state index is 6.53.